The maximum absolute atomic E-state index is 12.6. The van der Waals surface area contributed by atoms with Crippen molar-refractivity contribution in [3.05, 3.63) is 29.3 Å². The van der Waals surface area contributed by atoms with E-state index < -0.39 is 6.04 Å². The van der Waals surface area contributed by atoms with Crippen molar-refractivity contribution in [3.63, 3.8) is 0 Å². The second kappa shape index (κ2) is 8.79. The molecule has 3 heterocycles. The zero-order valence-electron chi connectivity index (χ0n) is 17.0. The Morgan fingerprint density at radius 1 is 1.10 bits per heavy atom. The minimum atomic E-state index is -0.594. The molecule has 1 amide bonds. The van der Waals surface area contributed by atoms with Gasteiger partial charge in [-0.1, -0.05) is 11.3 Å². The molecule has 1 aromatic rings. The van der Waals surface area contributed by atoms with E-state index in [1.165, 1.54) is 5.56 Å². The van der Waals surface area contributed by atoms with E-state index in [9.17, 15) is 4.79 Å². The minimum Gasteiger partial charge on any atom is -0.379 e. The van der Waals surface area contributed by atoms with Gasteiger partial charge in [-0.15, -0.1) is 5.11 Å². The summed E-state index contributed by atoms with van der Waals surface area (Å²) in [6, 6.07) is 5.38. The molecule has 9 heteroatoms. The average molecular weight is 397 g/mol. The predicted octanol–water partition coefficient (Wildman–Crippen LogP) is 2.17. The van der Waals surface area contributed by atoms with Gasteiger partial charge < -0.3 is 10.1 Å². The Hall–Kier alpha value is -2.65. The largest absolute Gasteiger partial charge is 0.379 e. The fourth-order valence-corrected chi connectivity index (χ4v) is 3.58. The Bertz CT molecular complexity index is 858. The number of nitrogens with one attached hydrogen (secondary N) is 1. The molecular formula is C20H27N7O2. The Labute approximate surface area is 170 Å². The van der Waals surface area contributed by atoms with Crippen LogP contribution in [0.5, 0.6) is 0 Å². The Kier molecular flexibility index (Phi) is 5.96. The Morgan fingerprint density at radius 2 is 1.90 bits per heavy atom. The van der Waals surface area contributed by atoms with E-state index in [0.29, 0.717) is 12.4 Å². The number of hydrogen-bond acceptors (Lipinski definition) is 8. The summed E-state index contributed by atoms with van der Waals surface area (Å²) in [4.78, 5) is 23.5. The van der Waals surface area contributed by atoms with E-state index in [2.05, 4.69) is 37.5 Å². The molecule has 4 rings (SSSR count). The van der Waals surface area contributed by atoms with Crippen LogP contribution in [-0.2, 0) is 9.53 Å². The summed E-state index contributed by atoms with van der Waals surface area (Å²) in [7, 11) is 0. The lowest BCUT2D eigenvalue weighted by Gasteiger charge is -2.27. The summed E-state index contributed by atoms with van der Waals surface area (Å²) in [5.74, 6) is 0.390. The number of rotatable bonds is 6. The first-order valence-corrected chi connectivity index (χ1v) is 10.1. The number of carbonyl (C=O) groups is 1. The lowest BCUT2D eigenvalue weighted by atomic mass is 10.1. The molecule has 0 bridgehead atoms. The summed E-state index contributed by atoms with van der Waals surface area (Å²) in [5.41, 5.74) is 3.21. The zero-order valence-corrected chi connectivity index (χ0v) is 17.0. The van der Waals surface area contributed by atoms with Crippen LogP contribution < -0.4 is 5.32 Å². The highest BCUT2D eigenvalue weighted by molar-refractivity contribution is 6.20. The van der Waals surface area contributed by atoms with Crippen LogP contribution in [-0.4, -0.2) is 73.0 Å². The van der Waals surface area contributed by atoms with Crippen molar-refractivity contribution in [2.75, 3.05) is 44.7 Å². The van der Waals surface area contributed by atoms with Crippen LogP contribution in [0.15, 0.2) is 38.5 Å². The normalized spacial score (nSPS) is 21.8. The van der Waals surface area contributed by atoms with Crippen molar-refractivity contribution in [3.8, 4) is 0 Å². The molecular weight excluding hydrogens is 370 g/mol. The highest BCUT2D eigenvalue weighted by Gasteiger charge is 2.38. The number of guanidine groups is 1. The molecule has 154 valence electrons. The van der Waals surface area contributed by atoms with Gasteiger partial charge in [0, 0.05) is 25.3 Å². The summed E-state index contributed by atoms with van der Waals surface area (Å²) < 4.78 is 5.37. The van der Waals surface area contributed by atoms with Gasteiger partial charge in [0.2, 0.25) is 5.96 Å². The summed E-state index contributed by atoms with van der Waals surface area (Å²) in [5, 5.41) is 13.1. The molecule has 29 heavy (non-hydrogen) atoms. The molecule has 9 nitrogen and oxygen atoms in total. The number of nitrogens with zero attached hydrogens (tertiary/aromatic N) is 6. The highest BCUT2D eigenvalue weighted by Crippen LogP contribution is 2.21. The van der Waals surface area contributed by atoms with E-state index in [0.717, 1.165) is 56.9 Å². The van der Waals surface area contributed by atoms with Gasteiger partial charge >= 0.3 is 0 Å². The van der Waals surface area contributed by atoms with Gasteiger partial charge in [-0.25, -0.2) is 0 Å². The molecule has 1 saturated heterocycles. The molecule has 0 aromatic heterocycles. The number of morpholine rings is 1. The van der Waals surface area contributed by atoms with Crippen LogP contribution >= 0.6 is 0 Å². The van der Waals surface area contributed by atoms with Crippen molar-refractivity contribution in [2.45, 2.75) is 32.7 Å². The maximum Gasteiger partial charge on any atom is 0.281 e. The first-order chi connectivity index (χ1) is 14.1. The van der Waals surface area contributed by atoms with Gasteiger partial charge in [0.1, 0.15) is 0 Å². The van der Waals surface area contributed by atoms with Gasteiger partial charge in [0.05, 0.1) is 13.2 Å². The third kappa shape index (κ3) is 4.68. The first kappa shape index (κ1) is 19.7. The lowest BCUT2D eigenvalue weighted by Crippen LogP contribution is -2.42. The predicted molar refractivity (Wildman–Crippen MR) is 111 cm³/mol. The number of hydrogen-bond donors (Lipinski definition) is 1. The summed E-state index contributed by atoms with van der Waals surface area (Å²) in [6.07, 6.45) is 1.98. The van der Waals surface area contributed by atoms with Gasteiger partial charge in [-0.3, -0.25) is 14.7 Å². The molecule has 1 aromatic carbocycles. The fourth-order valence-electron chi connectivity index (χ4n) is 3.58. The molecule has 3 aliphatic heterocycles. The van der Waals surface area contributed by atoms with Crippen molar-refractivity contribution in [2.24, 2.45) is 20.3 Å². The first-order valence-electron chi connectivity index (χ1n) is 10.1. The number of amides is 1. The van der Waals surface area contributed by atoms with Crippen LogP contribution in [0.1, 0.15) is 24.0 Å². The van der Waals surface area contributed by atoms with Crippen molar-refractivity contribution in [1.82, 2.24) is 9.91 Å². The van der Waals surface area contributed by atoms with Gasteiger partial charge in [0.25, 0.3) is 5.91 Å². The van der Waals surface area contributed by atoms with E-state index in [1.807, 2.05) is 25.1 Å². The average Bonchev–Trinajstić information content (AvgIpc) is 3.12. The molecule has 1 N–H and O–H groups in total. The van der Waals surface area contributed by atoms with Crippen LogP contribution in [0.3, 0.4) is 0 Å². The zero-order chi connectivity index (χ0) is 20.2. The number of benzene rings is 1. The van der Waals surface area contributed by atoms with Crippen LogP contribution in [0.4, 0.5) is 5.69 Å². The second-order valence-electron chi connectivity index (χ2n) is 7.58. The van der Waals surface area contributed by atoms with Gasteiger partial charge in [-0.2, -0.15) is 9.98 Å². The van der Waals surface area contributed by atoms with Crippen molar-refractivity contribution < 1.29 is 9.53 Å². The number of anilines is 1. The van der Waals surface area contributed by atoms with E-state index >= 15 is 0 Å². The number of carbonyl (C=O) groups excluding carboxylic acids is 1. The number of aryl methyl sites for hydroxylation is 2. The summed E-state index contributed by atoms with van der Waals surface area (Å²) in [6.45, 7) is 9.41. The minimum absolute atomic E-state index is 0.262. The van der Waals surface area contributed by atoms with Gasteiger partial charge in [-0.05, 0) is 56.5 Å². The molecule has 1 fully saturated rings. The van der Waals surface area contributed by atoms with Crippen LogP contribution in [0.25, 0.3) is 0 Å². The van der Waals surface area contributed by atoms with Crippen molar-refractivity contribution in [1.29, 1.82) is 0 Å². The maximum atomic E-state index is 12.6. The fraction of sp³-hybridized carbons (Fsp3) is 0.550. The Morgan fingerprint density at radius 3 is 2.69 bits per heavy atom. The van der Waals surface area contributed by atoms with Crippen LogP contribution in [0, 0.1) is 13.8 Å². The number of amidine groups is 1. The molecule has 1 atom stereocenters. The van der Waals surface area contributed by atoms with E-state index in [-0.39, 0.29) is 11.9 Å². The van der Waals surface area contributed by atoms with E-state index in [1.54, 1.807) is 5.01 Å². The second-order valence-corrected chi connectivity index (χ2v) is 7.58. The number of aliphatic imine (C=N–C) groups is 2. The molecule has 1 unspecified atom stereocenters. The highest BCUT2D eigenvalue weighted by atomic mass is 16.5. The molecule has 0 saturated carbocycles. The molecule has 0 radical (unpaired) electrons. The SMILES string of the molecule is Cc1ccc(NC2=NC(=O)C3C(=N2)N=NN3CCCCN2CCOCC2)cc1C. The number of fused-ring (bicyclic) bond motifs is 1. The summed E-state index contributed by atoms with van der Waals surface area (Å²) >= 11 is 0. The monoisotopic (exact) mass is 397 g/mol. The van der Waals surface area contributed by atoms with Gasteiger partial charge in [0.15, 0.2) is 11.9 Å². The standard InChI is InChI=1S/C20H27N7O2/c1-14-5-6-16(13-15(14)2)21-20-22-18-17(19(28)23-20)27(25-24-18)8-4-3-7-26-9-11-29-12-10-26/h5-6,13,17H,3-4,7-12H2,1-2H3,(H,21,23,28). The third-order valence-electron chi connectivity index (χ3n) is 5.45. The smallest absolute Gasteiger partial charge is 0.281 e. The van der Waals surface area contributed by atoms with E-state index in [4.69, 9.17) is 4.74 Å². The Balaban J connectivity index is 1.30. The quantitative estimate of drug-likeness (QED) is 0.743. The topological polar surface area (TPSA) is 94.2 Å². The molecule has 0 aliphatic carbocycles. The van der Waals surface area contributed by atoms with Crippen molar-refractivity contribution >= 4 is 23.4 Å². The number of unbranched alkanes of at least 4 members (excludes halogenated alkanes) is 1. The molecule has 3 aliphatic rings. The number of ether oxygens (including phenoxy) is 1. The third-order valence-corrected chi connectivity index (χ3v) is 5.45. The van der Waals surface area contributed by atoms with Crippen LogP contribution in [0.2, 0.25) is 0 Å². The lowest BCUT2D eigenvalue weighted by molar-refractivity contribution is -0.120. The molecule has 0 spiro atoms.